The molecule has 0 aliphatic carbocycles. The SMILES string of the molecule is CCNC(c1csc(C)c1)c1cn(C)cn1. The van der Waals surface area contributed by atoms with Gasteiger partial charge in [0.25, 0.3) is 0 Å². The van der Waals surface area contributed by atoms with Gasteiger partial charge in [-0.1, -0.05) is 6.92 Å². The van der Waals surface area contributed by atoms with Crippen LogP contribution in [0.2, 0.25) is 0 Å². The van der Waals surface area contributed by atoms with Crippen LogP contribution >= 0.6 is 11.3 Å². The molecule has 0 aliphatic heterocycles. The van der Waals surface area contributed by atoms with E-state index in [0.717, 1.165) is 12.2 Å². The summed E-state index contributed by atoms with van der Waals surface area (Å²) in [6.07, 6.45) is 3.92. The maximum absolute atomic E-state index is 4.43. The van der Waals surface area contributed by atoms with Gasteiger partial charge in [-0.2, -0.15) is 0 Å². The van der Waals surface area contributed by atoms with Gasteiger partial charge in [0.1, 0.15) is 0 Å². The van der Waals surface area contributed by atoms with Crippen LogP contribution in [0.4, 0.5) is 0 Å². The first-order chi connectivity index (χ1) is 7.70. The highest BCUT2D eigenvalue weighted by molar-refractivity contribution is 7.10. The van der Waals surface area contributed by atoms with E-state index >= 15 is 0 Å². The molecule has 0 saturated heterocycles. The van der Waals surface area contributed by atoms with Gasteiger partial charge >= 0.3 is 0 Å². The zero-order chi connectivity index (χ0) is 11.5. The van der Waals surface area contributed by atoms with Gasteiger partial charge in [0.05, 0.1) is 18.1 Å². The highest BCUT2D eigenvalue weighted by atomic mass is 32.1. The van der Waals surface area contributed by atoms with E-state index in [-0.39, 0.29) is 6.04 Å². The lowest BCUT2D eigenvalue weighted by Gasteiger charge is -2.14. The number of nitrogens with zero attached hydrogens (tertiary/aromatic N) is 2. The summed E-state index contributed by atoms with van der Waals surface area (Å²) >= 11 is 1.79. The molecule has 0 aromatic carbocycles. The first-order valence-electron chi connectivity index (χ1n) is 5.47. The summed E-state index contributed by atoms with van der Waals surface area (Å²) in [5.74, 6) is 0. The largest absolute Gasteiger partial charge is 0.340 e. The summed E-state index contributed by atoms with van der Waals surface area (Å²) in [5, 5.41) is 5.68. The van der Waals surface area contributed by atoms with Crippen LogP contribution in [0, 0.1) is 6.92 Å². The molecule has 16 heavy (non-hydrogen) atoms. The van der Waals surface area contributed by atoms with Gasteiger partial charge in [0.15, 0.2) is 0 Å². The lowest BCUT2D eigenvalue weighted by Crippen LogP contribution is -2.21. The summed E-state index contributed by atoms with van der Waals surface area (Å²) in [6, 6.07) is 2.45. The van der Waals surface area contributed by atoms with Gasteiger partial charge in [-0.15, -0.1) is 11.3 Å². The topological polar surface area (TPSA) is 29.9 Å². The Labute approximate surface area is 100 Å². The molecule has 2 rings (SSSR count). The number of hydrogen-bond acceptors (Lipinski definition) is 3. The van der Waals surface area contributed by atoms with Gasteiger partial charge in [0, 0.05) is 18.1 Å². The average Bonchev–Trinajstić information content (AvgIpc) is 2.84. The van der Waals surface area contributed by atoms with Gasteiger partial charge in [-0.3, -0.25) is 0 Å². The Morgan fingerprint density at radius 1 is 1.56 bits per heavy atom. The first-order valence-corrected chi connectivity index (χ1v) is 6.35. The molecule has 0 spiro atoms. The molecule has 1 N–H and O–H groups in total. The van der Waals surface area contributed by atoms with E-state index in [1.807, 2.05) is 17.9 Å². The zero-order valence-corrected chi connectivity index (χ0v) is 10.7. The summed E-state index contributed by atoms with van der Waals surface area (Å²) in [6.45, 7) is 5.20. The minimum atomic E-state index is 0.219. The van der Waals surface area contributed by atoms with Crippen molar-refractivity contribution in [3.8, 4) is 0 Å². The lowest BCUT2D eigenvalue weighted by molar-refractivity contribution is 0.619. The molecule has 4 heteroatoms. The number of imidazole rings is 1. The summed E-state index contributed by atoms with van der Waals surface area (Å²) < 4.78 is 1.99. The predicted octanol–water partition coefficient (Wildman–Crippen LogP) is 2.49. The van der Waals surface area contributed by atoms with Crippen molar-refractivity contribution in [1.82, 2.24) is 14.9 Å². The van der Waals surface area contributed by atoms with Crippen molar-refractivity contribution in [3.63, 3.8) is 0 Å². The van der Waals surface area contributed by atoms with E-state index in [0.29, 0.717) is 0 Å². The number of rotatable bonds is 4. The molecule has 0 aliphatic rings. The molecule has 2 aromatic heterocycles. The molecular weight excluding hydrogens is 218 g/mol. The van der Waals surface area contributed by atoms with Crippen molar-refractivity contribution in [2.45, 2.75) is 19.9 Å². The fourth-order valence-corrected chi connectivity index (χ4v) is 2.52. The van der Waals surface area contributed by atoms with Crippen molar-refractivity contribution in [2.75, 3.05) is 6.54 Å². The second kappa shape index (κ2) is 4.80. The molecule has 1 unspecified atom stereocenters. The third-order valence-corrected chi connectivity index (χ3v) is 3.39. The summed E-state index contributed by atoms with van der Waals surface area (Å²) in [5.41, 5.74) is 2.39. The molecule has 0 fully saturated rings. The number of aryl methyl sites for hydroxylation is 2. The molecule has 0 radical (unpaired) electrons. The minimum Gasteiger partial charge on any atom is -0.340 e. The number of thiophene rings is 1. The van der Waals surface area contributed by atoms with E-state index in [2.05, 4.69) is 41.8 Å². The third kappa shape index (κ3) is 2.33. The van der Waals surface area contributed by atoms with Crippen molar-refractivity contribution in [1.29, 1.82) is 0 Å². The summed E-state index contributed by atoms with van der Waals surface area (Å²) in [4.78, 5) is 5.77. The van der Waals surface area contributed by atoms with Crippen LogP contribution in [0.3, 0.4) is 0 Å². The molecule has 0 bridgehead atoms. The van der Waals surface area contributed by atoms with E-state index in [1.165, 1.54) is 10.4 Å². The number of nitrogens with one attached hydrogen (secondary N) is 1. The Balaban J connectivity index is 2.30. The maximum Gasteiger partial charge on any atom is 0.0947 e. The van der Waals surface area contributed by atoms with Gasteiger partial charge in [-0.25, -0.2) is 4.98 Å². The second-order valence-corrected chi connectivity index (χ2v) is 5.06. The van der Waals surface area contributed by atoms with Crippen molar-refractivity contribution >= 4 is 11.3 Å². The smallest absolute Gasteiger partial charge is 0.0947 e. The zero-order valence-electron chi connectivity index (χ0n) is 9.90. The molecule has 2 aromatic rings. The lowest BCUT2D eigenvalue weighted by atomic mass is 10.1. The fourth-order valence-electron chi connectivity index (χ4n) is 1.79. The minimum absolute atomic E-state index is 0.219. The van der Waals surface area contributed by atoms with E-state index in [4.69, 9.17) is 0 Å². The van der Waals surface area contributed by atoms with Crippen LogP contribution in [0.25, 0.3) is 0 Å². The molecule has 3 nitrogen and oxygen atoms in total. The van der Waals surface area contributed by atoms with Crippen LogP contribution in [-0.4, -0.2) is 16.1 Å². The maximum atomic E-state index is 4.43. The van der Waals surface area contributed by atoms with Gasteiger partial charge in [0.2, 0.25) is 0 Å². The van der Waals surface area contributed by atoms with Gasteiger partial charge in [-0.05, 0) is 30.5 Å². The van der Waals surface area contributed by atoms with Crippen LogP contribution in [0.5, 0.6) is 0 Å². The van der Waals surface area contributed by atoms with Crippen LogP contribution in [0.1, 0.15) is 29.1 Å². The van der Waals surface area contributed by atoms with Crippen LogP contribution in [-0.2, 0) is 7.05 Å². The Bertz CT molecular complexity index is 418. The predicted molar refractivity (Wildman–Crippen MR) is 67.8 cm³/mol. The average molecular weight is 235 g/mol. The summed E-state index contributed by atoms with van der Waals surface area (Å²) in [7, 11) is 2.00. The van der Waals surface area contributed by atoms with Crippen LogP contribution < -0.4 is 5.32 Å². The van der Waals surface area contributed by atoms with Crippen LogP contribution in [0.15, 0.2) is 24.0 Å². The standard InChI is InChI=1S/C12H17N3S/c1-4-13-12(10-5-9(2)16-7-10)11-6-15(3)8-14-11/h5-8,12-13H,4H2,1-3H3. The molecule has 2 heterocycles. The first kappa shape index (κ1) is 11.4. The molecule has 86 valence electrons. The number of hydrogen-bond donors (Lipinski definition) is 1. The normalized spacial score (nSPS) is 12.9. The van der Waals surface area contributed by atoms with Crippen molar-refractivity contribution in [2.24, 2.45) is 7.05 Å². The Kier molecular flexibility index (Phi) is 3.41. The Morgan fingerprint density at radius 2 is 2.38 bits per heavy atom. The Hall–Kier alpha value is -1.13. The van der Waals surface area contributed by atoms with E-state index < -0.39 is 0 Å². The molecule has 0 amide bonds. The quantitative estimate of drug-likeness (QED) is 0.882. The van der Waals surface area contributed by atoms with E-state index in [1.54, 1.807) is 11.3 Å². The third-order valence-electron chi connectivity index (χ3n) is 2.51. The van der Waals surface area contributed by atoms with E-state index in [9.17, 15) is 0 Å². The molecular formula is C12H17N3S. The van der Waals surface area contributed by atoms with Gasteiger partial charge < -0.3 is 9.88 Å². The van der Waals surface area contributed by atoms with Crippen molar-refractivity contribution in [3.05, 3.63) is 40.1 Å². The number of aromatic nitrogens is 2. The second-order valence-electron chi connectivity index (χ2n) is 3.95. The van der Waals surface area contributed by atoms with Crippen molar-refractivity contribution < 1.29 is 0 Å². The molecule has 0 saturated carbocycles. The molecule has 1 atom stereocenters. The fraction of sp³-hybridized carbons (Fsp3) is 0.417. The Morgan fingerprint density at radius 3 is 2.88 bits per heavy atom. The highest BCUT2D eigenvalue weighted by Gasteiger charge is 2.16. The highest BCUT2D eigenvalue weighted by Crippen LogP contribution is 2.24. The monoisotopic (exact) mass is 235 g/mol.